The first-order valence-electron chi connectivity index (χ1n) is 5.78. The zero-order valence-electron chi connectivity index (χ0n) is 11.2. The van der Waals surface area contributed by atoms with Crippen molar-refractivity contribution >= 4 is 11.3 Å². The molecule has 0 aliphatic rings. The number of rotatable bonds is 5. The lowest BCUT2D eigenvalue weighted by Crippen LogP contribution is -2.14. The number of benzene rings is 1. The molecule has 0 spiro atoms. The number of hydrogen-bond donors (Lipinski definition) is 1. The zero-order chi connectivity index (χ0) is 13.8. The van der Waals surface area contributed by atoms with E-state index in [0.717, 1.165) is 11.1 Å². The Morgan fingerprint density at radius 2 is 1.68 bits per heavy atom. The summed E-state index contributed by atoms with van der Waals surface area (Å²) in [6.45, 7) is 0. The van der Waals surface area contributed by atoms with E-state index in [2.05, 4.69) is 0 Å². The minimum absolute atomic E-state index is 0.290. The summed E-state index contributed by atoms with van der Waals surface area (Å²) >= 11 is 1.61. The lowest BCUT2D eigenvalue weighted by Gasteiger charge is -2.19. The Balaban J connectivity index is 2.54. The Hall–Kier alpha value is -1.72. The summed E-state index contributed by atoms with van der Waals surface area (Å²) in [6, 6.07) is 5.33. The topological polar surface area (TPSA) is 53.7 Å². The van der Waals surface area contributed by atoms with Crippen LogP contribution in [0.5, 0.6) is 17.2 Å². The van der Waals surface area contributed by atoms with Gasteiger partial charge in [0, 0.05) is 12.1 Å². The van der Waals surface area contributed by atoms with Crippen molar-refractivity contribution in [1.29, 1.82) is 0 Å². The molecule has 0 aliphatic heterocycles. The maximum atomic E-state index is 6.31. The third-order valence-corrected chi connectivity index (χ3v) is 3.67. The molecule has 0 saturated carbocycles. The normalized spacial score (nSPS) is 12.0. The van der Waals surface area contributed by atoms with E-state index in [0.29, 0.717) is 17.2 Å². The molecule has 0 radical (unpaired) electrons. The molecule has 1 aromatic heterocycles. The SMILES string of the molecule is COc1cc(OC)c([C@@H](N)c2ccsc2)c(OC)c1. The highest BCUT2D eigenvalue weighted by molar-refractivity contribution is 7.08. The van der Waals surface area contributed by atoms with E-state index >= 15 is 0 Å². The molecule has 0 saturated heterocycles. The van der Waals surface area contributed by atoms with Crippen molar-refractivity contribution < 1.29 is 14.2 Å². The second-order valence-corrected chi connectivity index (χ2v) is 4.76. The van der Waals surface area contributed by atoms with Gasteiger partial charge in [-0.2, -0.15) is 11.3 Å². The van der Waals surface area contributed by atoms with E-state index < -0.39 is 0 Å². The van der Waals surface area contributed by atoms with Crippen LogP contribution >= 0.6 is 11.3 Å². The van der Waals surface area contributed by atoms with Crippen LogP contribution in [0.1, 0.15) is 17.2 Å². The molecule has 102 valence electrons. The van der Waals surface area contributed by atoms with Gasteiger partial charge in [-0.1, -0.05) is 0 Å². The van der Waals surface area contributed by atoms with Crippen LogP contribution in [-0.2, 0) is 0 Å². The average Bonchev–Trinajstić information content (AvgIpc) is 2.99. The Kier molecular flexibility index (Phi) is 4.29. The molecule has 5 heteroatoms. The fraction of sp³-hybridized carbons (Fsp3) is 0.286. The molecular formula is C14H17NO3S. The minimum atomic E-state index is -0.290. The highest BCUT2D eigenvalue weighted by Gasteiger charge is 2.21. The van der Waals surface area contributed by atoms with Gasteiger partial charge in [0.2, 0.25) is 0 Å². The van der Waals surface area contributed by atoms with Crippen molar-refractivity contribution in [3.05, 3.63) is 40.1 Å². The lowest BCUT2D eigenvalue weighted by molar-refractivity contribution is 0.366. The van der Waals surface area contributed by atoms with Gasteiger partial charge in [-0.3, -0.25) is 0 Å². The van der Waals surface area contributed by atoms with Gasteiger partial charge in [-0.25, -0.2) is 0 Å². The Labute approximate surface area is 116 Å². The lowest BCUT2D eigenvalue weighted by atomic mass is 9.99. The Bertz CT molecular complexity index is 515. The van der Waals surface area contributed by atoms with Crippen LogP contribution in [-0.4, -0.2) is 21.3 Å². The zero-order valence-corrected chi connectivity index (χ0v) is 12.0. The quantitative estimate of drug-likeness (QED) is 0.914. The van der Waals surface area contributed by atoms with Crippen molar-refractivity contribution in [2.24, 2.45) is 5.73 Å². The second kappa shape index (κ2) is 5.95. The first kappa shape index (κ1) is 13.7. The third kappa shape index (κ3) is 2.67. The molecule has 0 bridgehead atoms. The molecule has 4 nitrogen and oxygen atoms in total. The molecule has 19 heavy (non-hydrogen) atoms. The molecule has 0 amide bonds. The van der Waals surface area contributed by atoms with Gasteiger partial charge in [0.15, 0.2) is 0 Å². The van der Waals surface area contributed by atoms with Crippen LogP contribution in [0.4, 0.5) is 0 Å². The Morgan fingerprint density at radius 1 is 1.05 bits per heavy atom. The van der Waals surface area contributed by atoms with Crippen LogP contribution in [0.3, 0.4) is 0 Å². The van der Waals surface area contributed by atoms with Gasteiger partial charge in [0.25, 0.3) is 0 Å². The van der Waals surface area contributed by atoms with Gasteiger partial charge >= 0.3 is 0 Å². The van der Waals surface area contributed by atoms with E-state index in [9.17, 15) is 0 Å². The summed E-state index contributed by atoms with van der Waals surface area (Å²) in [5.41, 5.74) is 8.17. The summed E-state index contributed by atoms with van der Waals surface area (Å²) in [7, 11) is 4.82. The monoisotopic (exact) mass is 279 g/mol. The van der Waals surface area contributed by atoms with E-state index in [1.54, 1.807) is 32.7 Å². The summed E-state index contributed by atoms with van der Waals surface area (Å²) in [5, 5.41) is 4.02. The second-order valence-electron chi connectivity index (χ2n) is 3.98. The van der Waals surface area contributed by atoms with Crippen molar-refractivity contribution in [2.45, 2.75) is 6.04 Å². The fourth-order valence-electron chi connectivity index (χ4n) is 1.96. The molecule has 1 atom stereocenters. The standard InChI is InChI=1S/C14H17NO3S/c1-16-10-6-11(17-2)13(12(7-10)18-3)14(15)9-4-5-19-8-9/h4-8,14H,15H2,1-3H3/t14-/m0/s1. The molecule has 0 aliphatic carbocycles. The van der Waals surface area contributed by atoms with Crippen LogP contribution in [0.2, 0.25) is 0 Å². The van der Waals surface area contributed by atoms with Crippen molar-refractivity contribution in [2.75, 3.05) is 21.3 Å². The molecule has 0 unspecified atom stereocenters. The molecule has 2 N–H and O–H groups in total. The number of hydrogen-bond acceptors (Lipinski definition) is 5. The number of methoxy groups -OCH3 is 3. The highest BCUT2D eigenvalue weighted by atomic mass is 32.1. The molecule has 2 aromatic rings. The van der Waals surface area contributed by atoms with Gasteiger partial charge in [-0.05, 0) is 22.4 Å². The minimum Gasteiger partial charge on any atom is -0.496 e. The van der Waals surface area contributed by atoms with Crippen molar-refractivity contribution in [3.8, 4) is 17.2 Å². The fourth-order valence-corrected chi connectivity index (χ4v) is 2.65. The highest BCUT2D eigenvalue weighted by Crippen LogP contribution is 2.39. The summed E-state index contributed by atoms with van der Waals surface area (Å²) in [4.78, 5) is 0. The van der Waals surface area contributed by atoms with Gasteiger partial charge in [0.05, 0.1) is 32.9 Å². The van der Waals surface area contributed by atoms with Crippen LogP contribution in [0.25, 0.3) is 0 Å². The summed E-state index contributed by atoms with van der Waals surface area (Å²) in [6.07, 6.45) is 0. The summed E-state index contributed by atoms with van der Waals surface area (Å²) < 4.78 is 16.1. The van der Waals surface area contributed by atoms with Crippen LogP contribution < -0.4 is 19.9 Å². The van der Waals surface area contributed by atoms with Gasteiger partial charge < -0.3 is 19.9 Å². The molecule has 0 fully saturated rings. The number of ether oxygens (including phenoxy) is 3. The summed E-state index contributed by atoms with van der Waals surface area (Å²) in [5.74, 6) is 2.00. The van der Waals surface area contributed by atoms with Crippen molar-refractivity contribution in [3.63, 3.8) is 0 Å². The van der Waals surface area contributed by atoms with Gasteiger partial charge in [0.1, 0.15) is 17.2 Å². The largest absolute Gasteiger partial charge is 0.496 e. The van der Waals surface area contributed by atoms with Gasteiger partial charge in [-0.15, -0.1) is 0 Å². The van der Waals surface area contributed by atoms with Crippen molar-refractivity contribution in [1.82, 2.24) is 0 Å². The first-order chi connectivity index (χ1) is 9.21. The van der Waals surface area contributed by atoms with Crippen LogP contribution in [0.15, 0.2) is 29.0 Å². The maximum absolute atomic E-state index is 6.31. The number of nitrogens with two attached hydrogens (primary N) is 1. The number of thiophene rings is 1. The smallest absolute Gasteiger partial charge is 0.131 e. The predicted molar refractivity (Wildman–Crippen MR) is 76.4 cm³/mol. The molecule has 1 aromatic carbocycles. The first-order valence-corrected chi connectivity index (χ1v) is 6.73. The Morgan fingerprint density at radius 3 is 2.11 bits per heavy atom. The third-order valence-electron chi connectivity index (χ3n) is 2.97. The van der Waals surface area contributed by atoms with E-state index in [4.69, 9.17) is 19.9 Å². The molecular weight excluding hydrogens is 262 g/mol. The maximum Gasteiger partial charge on any atom is 0.131 e. The van der Waals surface area contributed by atoms with E-state index in [1.807, 2.05) is 29.0 Å². The predicted octanol–water partition coefficient (Wildman–Crippen LogP) is 2.82. The van der Waals surface area contributed by atoms with E-state index in [1.165, 1.54) is 0 Å². The molecule has 2 rings (SSSR count). The van der Waals surface area contributed by atoms with Crippen LogP contribution in [0, 0.1) is 0 Å². The molecule has 1 heterocycles. The average molecular weight is 279 g/mol. The van der Waals surface area contributed by atoms with E-state index in [-0.39, 0.29) is 6.04 Å².